The third-order valence-electron chi connectivity index (χ3n) is 3.64. The molecule has 2 unspecified atom stereocenters. The molecule has 0 amide bonds. The number of ether oxygens (including phenoxy) is 1. The Balaban J connectivity index is 1.92. The summed E-state index contributed by atoms with van der Waals surface area (Å²) in [6.07, 6.45) is -0.218. The molecule has 4 heteroatoms. The molecular formula is C15H22FNO2. The van der Waals surface area contributed by atoms with Gasteiger partial charge in [-0.25, -0.2) is 4.39 Å². The molecule has 0 aliphatic carbocycles. The molecule has 1 fully saturated rings. The fourth-order valence-corrected chi connectivity index (χ4v) is 2.39. The lowest BCUT2D eigenvalue weighted by molar-refractivity contribution is -0.0940. The van der Waals surface area contributed by atoms with E-state index in [1.165, 1.54) is 12.1 Å². The average molecular weight is 267 g/mol. The van der Waals surface area contributed by atoms with Gasteiger partial charge in [0, 0.05) is 25.6 Å². The number of morpholine rings is 1. The topological polar surface area (TPSA) is 32.7 Å². The molecule has 0 radical (unpaired) electrons. The average Bonchev–Trinajstić information content (AvgIpc) is 2.41. The summed E-state index contributed by atoms with van der Waals surface area (Å²) in [6, 6.07) is 6.72. The SMILES string of the molecule is CC(C)N1CCOC(C(O)Cc2ccc(F)cc2)C1. The van der Waals surface area contributed by atoms with Gasteiger partial charge in [0.15, 0.2) is 0 Å². The van der Waals surface area contributed by atoms with Crippen molar-refractivity contribution in [3.8, 4) is 0 Å². The number of aliphatic hydroxyl groups excluding tert-OH is 1. The Morgan fingerprint density at radius 3 is 2.68 bits per heavy atom. The van der Waals surface area contributed by atoms with Gasteiger partial charge in [-0.05, 0) is 31.5 Å². The summed E-state index contributed by atoms with van der Waals surface area (Å²) in [7, 11) is 0. The van der Waals surface area contributed by atoms with Crippen LogP contribution in [-0.4, -0.2) is 48.0 Å². The minimum absolute atomic E-state index is 0.166. The fraction of sp³-hybridized carbons (Fsp3) is 0.600. The molecule has 19 heavy (non-hydrogen) atoms. The number of aliphatic hydroxyl groups is 1. The molecule has 1 N–H and O–H groups in total. The molecule has 3 nitrogen and oxygen atoms in total. The van der Waals surface area contributed by atoms with Gasteiger partial charge in [-0.2, -0.15) is 0 Å². The predicted octanol–water partition coefficient (Wildman–Crippen LogP) is 1.84. The van der Waals surface area contributed by atoms with Crippen LogP contribution in [0.4, 0.5) is 4.39 Å². The van der Waals surface area contributed by atoms with Crippen LogP contribution in [-0.2, 0) is 11.2 Å². The van der Waals surface area contributed by atoms with Gasteiger partial charge >= 0.3 is 0 Å². The first kappa shape index (κ1) is 14.4. The lowest BCUT2D eigenvalue weighted by Crippen LogP contribution is -2.50. The van der Waals surface area contributed by atoms with E-state index in [2.05, 4.69) is 18.7 Å². The molecule has 0 saturated carbocycles. The second-order valence-electron chi connectivity index (χ2n) is 5.40. The Kier molecular flexibility index (Phi) is 4.91. The molecule has 1 heterocycles. The Morgan fingerprint density at radius 1 is 1.37 bits per heavy atom. The van der Waals surface area contributed by atoms with Crippen LogP contribution < -0.4 is 0 Å². The number of halogens is 1. The molecule has 0 aromatic heterocycles. The van der Waals surface area contributed by atoms with E-state index in [4.69, 9.17) is 4.74 Å². The van der Waals surface area contributed by atoms with Gasteiger partial charge in [0.25, 0.3) is 0 Å². The Hall–Kier alpha value is -0.970. The van der Waals surface area contributed by atoms with Crippen LogP contribution in [0, 0.1) is 5.82 Å². The minimum Gasteiger partial charge on any atom is -0.390 e. The molecule has 1 aliphatic heterocycles. The molecule has 0 spiro atoms. The van der Waals surface area contributed by atoms with Gasteiger partial charge in [0.05, 0.1) is 18.8 Å². The standard InChI is InChI=1S/C15H22FNO2/c1-11(2)17-7-8-19-15(10-17)14(18)9-12-3-5-13(16)6-4-12/h3-6,11,14-15,18H,7-10H2,1-2H3. The highest BCUT2D eigenvalue weighted by atomic mass is 19.1. The van der Waals surface area contributed by atoms with E-state index in [1.54, 1.807) is 12.1 Å². The molecule has 1 aromatic rings. The van der Waals surface area contributed by atoms with Crippen molar-refractivity contribution in [1.29, 1.82) is 0 Å². The van der Waals surface area contributed by atoms with Crippen molar-refractivity contribution < 1.29 is 14.2 Å². The molecule has 2 rings (SSSR count). The zero-order valence-corrected chi connectivity index (χ0v) is 11.6. The van der Waals surface area contributed by atoms with Crippen LogP contribution in [0.5, 0.6) is 0 Å². The molecule has 0 bridgehead atoms. The fourth-order valence-electron chi connectivity index (χ4n) is 2.39. The molecule has 1 saturated heterocycles. The number of hydrogen-bond donors (Lipinski definition) is 1. The quantitative estimate of drug-likeness (QED) is 0.903. The largest absolute Gasteiger partial charge is 0.390 e. The van der Waals surface area contributed by atoms with Crippen molar-refractivity contribution >= 4 is 0 Å². The van der Waals surface area contributed by atoms with Gasteiger partial charge in [0.1, 0.15) is 5.82 Å². The van der Waals surface area contributed by atoms with E-state index in [0.29, 0.717) is 19.1 Å². The first-order valence-electron chi connectivity index (χ1n) is 6.84. The van der Waals surface area contributed by atoms with E-state index in [1.807, 2.05) is 0 Å². The lowest BCUT2D eigenvalue weighted by Gasteiger charge is -2.37. The van der Waals surface area contributed by atoms with Crippen molar-refractivity contribution in [3.05, 3.63) is 35.6 Å². The molecule has 106 valence electrons. The van der Waals surface area contributed by atoms with Crippen molar-refractivity contribution in [3.63, 3.8) is 0 Å². The summed E-state index contributed by atoms with van der Waals surface area (Å²) < 4.78 is 18.5. The van der Waals surface area contributed by atoms with Crippen LogP contribution in [0.25, 0.3) is 0 Å². The van der Waals surface area contributed by atoms with Gasteiger partial charge < -0.3 is 9.84 Å². The van der Waals surface area contributed by atoms with Gasteiger partial charge in [-0.1, -0.05) is 12.1 Å². The van der Waals surface area contributed by atoms with E-state index in [0.717, 1.165) is 18.7 Å². The Bertz CT molecular complexity index is 394. The Labute approximate surface area is 114 Å². The van der Waals surface area contributed by atoms with E-state index >= 15 is 0 Å². The van der Waals surface area contributed by atoms with Gasteiger partial charge in [-0.3, -0.25) is 4.90 Å². The van der Waals surface area contributed by atoms with E-state index in [-0.39, 0.29) is 11.9 Å². The predicted molar refractivity (Wildman–Crippen MR) is 72.6 cm³/mol. The monoisotopic (exact) mass is 267 g/mol. The van der Waals surface area contributed by atoms with Gasteiger partial charge in [-0.15, -0.1) is 0 Å². The number of hydrogen-bond acceptors (Lipinski definition) is 3. The van der Waals surface area contributed by atoms with Crippen molar-refractivity contribution in [2.75, 3.05) is 19.7 Å². The maximum atomic E-state index is 12.8. The third-order valence-corrected chi connectivity index (χ3v) is 3.64. The molecule has 1 aliphatic rings. The summed E-state index contributed by atoms with van der Waals surface area (Å²) >= 11 is 0. The zero-order chi connectivity index (χ0) is 13.8. The van der Waals surface area contributed by atoms with Crippen molar-refractivity contribution in [2.45, 2.75) is 38.5 Å². The zero-order valence-electron chi connectivity index (χ0n) is 11.6. The lowest BCUT2D eigenvalue weighted by atomic mass is 10.0. The number of rotatable bonds is 4. The first-order valence-corrected chi connectivity index (χ1v) is 6.84. The maximum absolute atomic E-state index is 12.8. The normalized spacial score (nSPS) is 22.7. The van der Waals surface area contributed by atoms with Crippen LogP contribution in [0.2, 0.25) is 0 Å². The second kappa shape index (κ2) is 6.46. The summed E-state index contributed by atoms with van der Waals surface area (Å²) in [4.78, 5) is 2.31. The minimum atomic E-state index is -0.549. The van der Waals surface area contributed by atoms with Crippen molar-refractivity contribution in [2.24, 2.45) is 0 Å². The molecule has 2 atom stereocenters. The van der Waals surface area contributed by atoms with Crippen LogP contribution >= 0.6 is 0 Å². The van der Waals surface area contributed by atoms with Gasteiger partial charge in [0.2, 0.25) is 0 Å². The third kappa shape index (κ3) is 4.00. The highest BCUT2D eigenvalue weighted by Crippen LogP contribution is 2.15. The van der Waals surface area contributed by atoms with Crippen LogP contribution in [0.15, 0.2) is 24.3 Å². The Morgan fingerprint density at radius 2 is 2.05 bits per heavy atom. The van der Waals surface area contributed by atoms with Crippen molar-refractivity contribution in [1.82, 2.24) is 4.90 Å². The highest BCUT2D eigenvalue weighted by Gasteiger charge is 2.27. The smallest absolute Gasteiger partial charge is 0.123 e. The summed E-state index contributed by atoms with van der Waals surface area (Å²) in [5.41, 5.74) is 0.930. The molecule has 1 aromatic carbocycles. The second-order valence-corrected chi connectivity index (χ2v) is 5.40. The van der Waals surface area contributed by atoms with Crippen LogP contribution in [0.3, 0.4) is 0 Å². The first-order chi connectivity index (χ1) is 9.06. The number of benzene rings is 1. The summed E-state index contributed by atoms with van der Waals surface area (Å²) in [6.45, 7) is 6.62. The van der Waals surface area contributed by atoms with Crippen LogP contribution in [0.1, 0.15) is 19.4 Å². The summed E-state index contributed by atoms with van der Waals surface area (Å²) in [5.74, 6) is -0.252. The molecular weight excluding hydrogens is 245 g/mol. The highest BCUT2D eigenvalue weighted by molar-refractivity contribution is 5.17. The van der Waals surface area contributed by atoms with E-state index in [9.17, 15) is 9.50 Å². The number of nitrogens with zero attached hydrogens (tertiary/aromatic N) is 1. The summed E-state index contributed by atoms with van der Waals surface area (Å²) in [5, 5.41) is 10.3. The van der Waals surface area contributed by atoms with E-state index < -0.39 is 6.10 Å². The maximum Gasteiger partial charge on any atom is 0.123 e.